The molecular weight excluding hydrogens is 234 g/mol. The van der Waals surface area contributed by atoms with Crippen molar-refractivity contribution in [3.63, 3.8) is 0 Å². The Labute approximate surface area is 109 Å². The van der Waals surface area contributed by atoms with Gasteiger partial charge in [0.15, 0.2) is 0 Å². The van der Waals surface area contributed by atoms with Gasteiger partial charge in [0.25, 0.3) is 0 Å². The number of methoxy groups -OCH3 is 1. The van der Waals surface area contributed by atoms with Crippen LogP contribution in [0.1, 0.15) is 32.3 Å². The van der Waals surface area contributed by atoms with Gasteiger partial charge in [-0.2, -0.15) is 0 Å². The summed E-state index contributed by atoms with van der Waals surface area (Å²) in [6.07, 6.45) is 2.46. The lowest BCUT2D eigenvalue weighted by atomic mass is 10.0. The van der Waals surface area contributed by atoms with Crippen LogP contribution in [0.3, 0.4) is 0 Å². The van der Waals surface area contributed by atoms with Crippen LogP contribution >= 0.6 is 11.6 Å². The van der Waals surface area contributed by atoms with Crippen molar-refractivity contribution >= 4 is 11.6 Å². The second-order valence-electron chi connectivity index (χ2n) is 4.28. The molecule has 1 N–H and O–H groups in total. The van der Waals surface area contributed by atoms with Crippen molar-refractivity contribution in [2.45, 2.75) is 33.2 Å². The molecular formula is C14H22ClNO. The highest BCUT2D eigenvalue weighted by Crippen LogP contribution is 2.24. The Hall–Kier alpha value is -0.730. The minimum absolute atomic E-state index is 0.675. The third-order valence-electron chi connectivity index (χ3n) is 3.13. The van der Waals surface area contributed by atoms with Crippen molar-refractivity contribution in [2.24, 2.45) is 5.92 Å². The molecule has 0 saturated heterocycles. The molecule has 1 aromatic carbocycles. The standard InChI is InChI=1S/C14H22ClNO/c1-4-11(5-2)9-16-10-12-6-7-14(17-3)13(15)8-12/h6-8,11,16H,4-5,9-10H2,1-3H3. The maximum atomic E-state index is 6.07. The quantitative estimate of drug-likeness (QED) is 0.799. The summed E-state index contributed by atoms with van der Waals surface area (Å²) in [4.78, 5) is 0. The summed E-state index contributed by atoms with van der Waals surface area (Å²) in [7, 11) is 1.63. The van der Waals surface area contributed by atoms with E-state index in [-0.39, 0.29) is 0 Å². The first kappa shape index (κ1) is 14.3. The maximum absolute atomic E-state index is 6.07. The Bertz CT molecular complexity index is 337. The Morgan fingerprint density at radius 3 is 2.53 bits per heavy atom. The van der Waals surface area contributed by atoms with E-state index >= 15 is 0 Å². The zero-order valence-corrected chi connectivity index (χ0v) is 11.7. The highest BCUT2D eigenvalue weighted by atomic mass is 35.5. The lowest BCUT2D eigenvalue weighted by Gasteiger charge is -2.13. The SMILES string of the molecule is CCC(CC)CNCc1ccc(OC)c(Cl)c1. The number of nitrogens with one attached hydrogen (secondary N) is 1. The van der Waals surface area contributed by atoms with Crippen molar-refractivity contribution in [1.82, 2.24) is 5.32 Å². The summed E-state index contributed by atoms with van der Waals surface area (Å²) >= 11 is 6.07. The second kappa shape index (κ2) is 7.57. The third-order valence-corrected chi connectivity index (χ3v) is 3.43. The fourth-order valence-corrected chi connectivity index (χ4v) is 2.10. The van der Waals surface area contributed by atoms with E-state index in [0.29, 0.717) is 5.02 Å². The molecule has 0 spiro atoms. The summed E-state index contributed by atoms with van der Waals surface area (Å²) in [6.45, 7) is 6.40. The first-order chi connectivity index (χ1) is 8.21. The molecule has 0 aliphatic carbocycles. The smallest absolute Gasteiger partial charge is 0.137 e. The lowest BCUT2D eigenvalue weighted by Crippen LogP contribution is -2.21. The monoisotopic (exact) mass is 255 g/mol. The molecule has 96 valence electrons. The van der Waals surface area contributed by atoms with E-state index in [9.17, 15) is 0 Å². The van der Waals surface area contributed by atoms with Crippen molar-refractivity contribution in [3.05, 3.63) is 28.8 Å². The van der Waals surface area contributed by atoms with Crippen LogP contribution in [-0.4, -0.2) is 13.7 Å². The number of ether oxygens (including phenoxy) is 1. The minimum Gasteiger partial charge on any atom is -0.495 e. The largest absolute Gasteiger partial charge is 0.495 e. The number of rotatable bonds is 7. The van der Waals surface area contributed by atoms with Gasteiger partial charge in [0.2, 0.25) is 0 Å². The van der Waals surface area contributed by atoms with Crippen molar-refractivity contribution < 1.29 is 4.74 Å². The summed E-state index contributed by atoms with van der Waals surface area (Å²) in [6, 6.07) is 5.92. The summed E-state index contributed by atoms with van der Waals surface area (Å²) in [5.74, 6) is 1.50. The van der Waals surface area contributed by atoms with E-state index in [4.69, 9.17) is 16.3 Å². The maximum Gasteiger partial charge on any atom is 0.137 e. The second-order valence-corrected chi connectivity index (χ2v) is 4.69. The average Bonchev–Trinajstić information content (AvgIpc) is 2.35. The van der Waals surface area contributed by atoms with Crippen LogP contribution in [0.2, 0.25) is 5.02 Å². The highest BCUT2D eigenvalue weighted by molar-refractivity contribution is 6.32. The van der Waals surface area contributed by atoms with Gasteiger partial charge in [-0.1, -0.05) is 44.4 Å². The van der Waals surface area contributed by atoms with Crippen LogP contribution in [0, 0.1) is 5.92 Å². The average molecular weight is 256 g/mol. The van der Waals surface area contributed by atoms with Gasteiger partial charge in [-0.05, 0) is 30.2 Å². The first-order valence-electron chi connectivity index (χ1n) is 6.24. The van der Waals surface area contributed by atoms with E-state index in [1.54, 1.807) is 7.11 Å². The van der Waals surface area contributed by atoms with E-state index in [1.165, 1.54) is 18.4 Å². The van der Waals surface area contributed by atoms with Crippen LogP contribution in [0.5, 0.6) is 5.75 Å². The molecule has 0 bridgehead atoms. The number of hydrogen-bond donors (Lipinski definition) is 1. The summed E-state index contributed by atoms with van der Waals surface area (Å²) in [5.41, 5.74) is 1.20. The molecule has 0 amide bonds. The Kier molecular flexibility index (Phi) is 6.38. The van der Waals surface area contributed by atoms with Gasteiger partial charge in [-0.3, -0.25) is 0 Å². The number of hydrogen-bond acceptors (Lipinski definition) is 2. The van der Waals surface area contributed by atoms with E-state index in [2.05, 4.69) is 19.2 Å². The zero-order valence-electron chi connectivity index (χ0n) is 10.9. The predicted molar refractivity (Wildman–Crippen MR) is 73.8 cm³/mol. The lowest BCUT2D eigenvalue weighted by molar-refractivity contribution is 0.414. The normalized spacial score (nSPS) is 10.9. The van der Waals surface area contributed by atoms with Gasteiger partial charge < -0.3 is 10.1 Å². The molecule has 0 aliphatic heterocycles. The summed E-state index contributed by atoms with van der Waals surface area (Å²) < 4.78 is 5.13. The third kappa shape index (κ3) is 4.57. The molecule has 0 heterocycles. The van der Waals surface area contributed by atoms with Gasteiger partial charge in [0, 0.05) is 6.54 Å². The minimum atomic E-state index is 0.675. The molecule has 0 fully saturated rings. The molecule has 0 aliphatic rings. The molecule has 1 aromatic rings. The van der Waals surface area contributed by atoms with Crippen LogP contribution in [0.25, 0.3) is 0 Å². The van der Waals surface area contributed by atoms with E-state index < -0.39 is 0 Å². The van der Waals surface area contributed by atoms with Crippen LogP contribution in [0.4, 0.5) is 0 Å². The van der Waals surface area contributed by atoms with Gasteiger partial charge in [0.1, 0.15) is 5.75 Å². The molecule has 0 atom stereocenters. The van der Waals surface area contributed by atoms with Crippen molar-refractivity contribution in [3.8, 4) is 5.75 Å². The molecule has 0 unspecified atom stereocenters. The zero-order chi connectivity index (χ0) is 12.7. The van der Waals surface area contributed by atoms with Crippen molar-refractivity contribution in [1.29, 1.82) is 0 Å². The van der Waals surface area contributed by atoms with Gasteiger partial charge in [-0.15, -0.1) is 0 Å². The first-order valence-corrected chi connectivity index (χ1v) is 6.62. The van der Waals surface area contributed by atoms with Crippen molar-refractivity contribution in [2.75, 3.05) is 13.7 Å². The van der Waals surface area contributed by atoms with E-state index in [1.807, 2.05) is 18.2 Å². The van der Waals surface area contributed by atoms with Crippen LogP contribution in [-0.2, 0) is 6.54 Å². The van der Waals surface area contributed by atoms with Gasteiger partial charge >= 0.3 is 0 Å². The molecule has 0 aromatic heterocycles. The molecule has 3 heteroatoms. The number of halogens is 1. The fourth-order valence-electron chi connectivity index (χ4n) is 1.82. The van der Waals surface area contributed by atoms with E-state index in [0.717, 1.165) is 24.8 Å². The Balaban J connectivity index is 2.44. The number of benzene rings is 1. The molecule has 1 rings (SSSR count). The highest BCUT2D eigenvalue weighted by Gasteiger charge is 2.04. The predicted octanol–water partition coefficient (Wildman–Crippen LogP) is 3.87. The van der Waals surface area contributed by atoms with Gasteiger partial charge in [0.05, 0.1) is 12.1 Å². The Morgan fingerprint density at radius 1 is 1.29 bits per heavy atom. The van der Waals surface area contributed by atoms with Crippen LogP contribution < -0.4 is 10.1 Å². The molecule has 17 heavy (non-hydrogen) atoms. The summed E-state index contributed by atoms with van der Waals surface area (Å²) in [5, 5.41) is 4.14. The topological polar surface area (TPSA) is 21.3 Å². The fraction of sp³-hybridized carbons (Fsp3) is 0.571. The molecule has 0 radical (unpaired) electrons. The molecule has 0 saturated carbocycles. The Morgan fingerprint density at radius 2 is 2.00 bits per heavy atom. The van der Waals surface area contributed by atoms with Crippen LogP contribution in [0.15, 0.2) is 18.2 Å². The molecule has 2 nitrogen and oxygen atoms in total. The van der Waals surface area contributed by atoms with Gasteiger partial charge in [-0.25, -0.2) is 0 Å².